The molecule has 7 heteroatoms. The van der Waals surface area contributed by atoms with Crippen molar-refractivity contribution in [3.63, 3.8) is 0 Å². The highest BCUT2D eigenvalue weighted by Gasteiger charge is 2.13. The van der Waals surface area contributed by atoms with Crippen molar-refractivity contribution in [2.45, 2.75) is 16.8 Å². The predicted octanol–water partition coefficient (Wildman–Crippen LogP) is 3.25. The van der Waals surface area contributed by atoms with Crippen molar-refractivity contribution < 1.29 is 4.74 Å². The van der Waals surface area contributed by atoms with Gasteiger partial charge in [-0.05, 0) is 25.1 Å². The molecule has 2 heterocycles. The minimum absolute atomic E-state index is 0.441. The topological polar surface area (TPSA) is 52.3 Å². The van der Waals surface area contributed by atoms with Crippen LogP contribution in [0.15, 0.2) is 40.5 Å². The summed E-state index contributed by atoms with van der Waals surface area (Å²) in [7, 11) is 1.65. The molecule has 0 bridgehead atoms. The van der Waals surface area contributed by atoms with E-state index in [-0.39, 0.29) is 0 Å². The van der Waals surface area contributed by atoms with Crippen molar-refractivity contribution in [2.75, 3.05) is 7.11 Å². The van der Waals surface area contributed by atoms with Crippen LogP contribution in [0.5, 0.6) is 5.75 Å². The summed E-state index contributed by atoms with van der Waals surface area (Å²) in [5, 5.41) is 5.53. The zero-order valence-corrected chi connectivity index (χ0v) is 12.4. The molecule has 3 rings (SSSR count). The van der Waals surface area contributed by atoms with Crippen LogP contribution in [-0.4, -0.2) is 26.7 Å². The van der Waals surface area contributed by atoms with E-state index in [1.54, 1.807) is 23.4 Å². The van der Waals surface area contributed by atoms with E-state index < -0.39 is 0 Å². The minimum atomic E-state index is 0.441. The molecule has 0 radical (unpaired) electrons. The van der Waals surface area contributed by atoms with Gasteiger partial charge in [0.05, 0.1) is 7.11 Å². The summed E-state index contributed by atoms with van der Waals surface area (Å²) in [5.74, 6) is 1.30. The summed E-state index contributed by atoms with van der Waals surface area (Å²) in [4.78, 5) is 9.30. The van der Waals surface area contributed by atoms with Gasteiger partial charge in [-0.3, -0.25) is 0 Å². The number of methoxy groups -OCH3 is 1. The molecule has 0 fully saturated rings. The second-order valence-corrected chi connectivity index (χ2v) is 5.51. The van der Waals surface area contributed by atoms with Gasteiger partial charge >= 0.3 is 0 Å². The lowest BCUT2D eigenvalue weighted by Crippen LogP contribution is -1.99. The predicted molar refractivity (Wildman–Crippen MR) is 77.6 cm³/mol. The van der Waals surface area contributed by atoms with Crippen molar-refractivity contribution in [3.05, 3.63) is 41.3 Å². The lowest BCUT2D eigenvalue weighted by atomic mass is 10.3. The lowest BCUT2D eigenvalue weighted by molar-refractivity contribution is 0.413. The Hall–Kier alpha value is -1.79. The molecule has 2 aromatic heterocycles. The number of hydrogen-bond donors (Lipinski definition) is 0. The van der Waals surface area contributed by atoms with Crippen LogP contribution in [-0.2, 0) is 0 Å². The Morgan fingerprint density at radius 2 is 2.20 bits per heavy atom. The maximum Gasteiger partial charge on any atom is 0.254 e. The number of fused-ring (bicyclic) bond motifs is 1. The standard InChI is InChI=1S/C13H11ClN4OS/c1-8-11(14)17-13-15-7-16-18(13)12(8)20-10-5-3-4-9(6-10)19-2/h3-7H,1-2H3. The molecule has 1 aromatic carbocycles. The number of aromatic nitrogens is 4. The molecule has 0 aliphatic carbocycles. The Balaban J connectivity index is 2.09. The van der Waals surface area contributed by atoms with Gasteiger partial charge < -0.3 is 4.74 Å². The SMILES string of the molecule is COc1cccc(Sc2c(C)c(Cl)nc3ncnn23)c1. The van der Waals surface area contributed by atoms with Crippen LogP contribution in [0, 0.1) is 6.92 Å². The number of hydrogen-bond acceptors (Lipinski definition) is 5. The van der Waals surface area contributed by atoms with E-state index >= 15 is 0 Å². The maximum absolute atomic E-state index is 6.14. The monoisotopic (exact) mass is 306 g/mol. The molecule has 0 aliphatic rings. The first kappa shape index (κ1) is 13.2. The van der Waals surface area contributed by atoms with E-state index in [9.17, 15) is 0 Å². The quantitative estimate of drug-likeness (QED) is 0.695. The third-order valence-electron chi connectivity index (χ3n) is 2.81. The van der Waals surface area contributed by atoms with Crippen molar-refractivity contribution >= 4 is 29.1 Å². The summed E-state index contributed by atoms with van der Waals surface area (Å²) in [5.41, 5.74) is 0.873. The molecule has 0 unspecified atom stereocenters. The van der Waals surface area contributed by atoms with E-state index in [0.29, 0.717) is 10.9 Å². The number of rotatable bonds is 3. The Morgan fingerprint density at radius 3 is 3.00 bits per heavy atom. The highest BCUT2D eigenvalue weighted by Crippen LogP contribution is 2.33. The Kier molecular flexibility index (Phi) is 3.50. The van der Waals surface area contributed by atoms with Crippen molar-refractivity contribution in [2.24, 2.45) is 0 Å². The molecular formula is C13H11ClN4OS. The maximum atomic E-state index is 6.14. The molecule has 0 aliphatic heterocycles. The summed E-state index contributed by atoms with van der Waals surface area (Å²) >= 11 is 7.69. The Bertz CT molecular complexity index is 774. The van der Waals surface area contributed by atoms with Crippen molar-refractivity contribution in [3.8, 4) is 5.75 Å². The number of nitrogens with zero attached hydrogens (tertiary/aromatic N) is 4. The molecule has 0 spiro atoms. The van der Waals surface area contributed by atoms with Gasteiger partial charge in [-0.25, -0.2) is 0 Å². The summed E-state index contributed by atoms with van der Waals surface area (Å²) in [6, 6.07) is 7.81. The highest BCUT2D eigenvalue weighted by atomic mass is 35.5. The van der Waals surface area contributed by atoms with Crippen molar-refractivity contribution in [1.29, 1.82) is 0 Å². The van der Waals surface area contributed by atoms with Gasteiger partial charge in [0, 0.05) is 10.5 Å². The van der Waals surface area contributed by atoms with Gasteiger partial charge in [-0.15, -0.1) is 0 Å². The molecule has 0 atom stereocenters. The molecular weight excluding hydrogens is 296 g/mol. The average Bonchev–Trinajstić information content (AvgIpc) is 2.92. The van der Waals surface area contributed by atoms with E-state index in [1.165, 1.54) is 6.33 Å². The average molecular weight is 307 g/mol. The zero-order valence-electron chi connectivity index (χ0n) is 10.9. The van der Waals surface area contributed by atoms with E-state index in [0.717, 1.165) is 21.2 Å². The van der Waals surface area contributed by atoms with Crippen LogP contribution < -0.4 is 4.74 Å². The first-order chi connectivity index (χ1) is 9.69. The van der Waals surface area contributed by atoms with Gasteiger partial charge in [-0.2, -0.15) is 19.6 Å². The Labute approximate surface area is 125 Å². The fourth-order valence-corrected chi connectivity index (χ4v) is 3.00. The normalized spacial score (nSPS) is 10.9. The van der Waals surface area contributed by atoms with Gasteiger partial charge in [0.2, 0.25) is 0 Å². The van der Waals surface area contributed by atoms with Gasteiger partial charge in [-0.1, -0.05) is 29.4 Å². The largest absolute Gasteiger partial charge is 0.497 e. The molecule has 0 amide bonds. The second kappa shape index (κ2) is 5.30. The van der Waals surface area contributed by atoms with Gasteiger partial charge in [0.1, 0.15) is 22.3 Å². The zero-order chi connectivity index (χ0) is 14.1. The Morgan fingerprint density at radius 1 is 1.35 bits per heavy atom. The van der Waals surface area contributed by atoms with Crippen LogP contribution in [0.3, 0.4) is 0 Å². The van der Waals surface area contributed by atoms with Crippen molar-refractivity contribution in [1.82, 2.24) is 19.6 Å². The molecule has 3 aromatic rings. The van der Waals surface area contributed by atoms with Gasteiger partial charge in [0.15, 0.2) is 0 Å². The number of benzene rings is 1. The third-order valence-corrected chi connectivity index (χ3v) is 4.34. The highest BCUT2D eigenvalue weighted by molar-refractivity contribution is 7.99. The van der Waals surface area contributed by atoms with Crippen LogP contribution in [0.1, 0.15) is 5.56 Å². The first-order valence-corrected chi connectivity index (χ1v) is 7.06. The van der Waals surface area contributed by atoms with E-state index in [4.69, 9.17) is 16.3 Å². The van der Waals surface area contributed by atoms with Crippen LogP contribution in [0.25, 0.3) is 5.78 Å². The third kappa shape index (κ3) is 2.32. The molecule has 0 saturated carbocycles. The fraction of sp³-hybridized carbons (Fsp3) is 0.154. The second-order valence-electron chi connectivity index (χ2n) is 4.09. The smallest absolute Gasteiger partial charge is 0.254 e. The van der Waals surface area contributed by atoms with E-state index in [2.05, 4.69) is 15.1 Å². The van der Waals surface area contributed by atoms with Crippen LogP contribution in [0.2, 0.25) is 5.15 Å². The molecule has 20 heavy (non-hydrogen) atoms. The molecule has 0 N–H and O–H groups in total. The van der Waals surface area contributed by atoms with Crippen LogP contribution in [0.4, 0.5) is 0 Å². The molecule has 5 nitrogen and oxygen atoms in total. The summed E-state index contributed by atoms with van der Waals surface area (Å²) < 4.78 is 6.92. The minimum Gasteiger partial charge on any atom is -0.497 e. The fourth-order valence-electron chi connectivity index (χ4n) is 1.77. The summed E-state index contributed by atoms with van der Waals surface area (Å²) in [6.45, 7) is 1.92. The first-order valence-electron chi connectivity index (χ1n) is 5.87. The number of ether oxygens (including phenoxy) is 1. The van der Waals surface area contributed by atoms with Crippen LogP contribution >= 0.6 is 23.4 Å². The van der Waals surface area contributed by atoms with E-state index in [1.807, 2.05) is 31.2 Å². The molecule has 102 valence electrons. The summed E-state index contributed by atoms with van der Waals surface area (Å²) in [6.07, 6.45) is 1.47. The number of halogens is 1. The lowest BCUT2D eigenvalue weighted by Gasteiger charge is -2.09. The van der Waals surface area contributed by atoms with Gasteiger partial charge in [0.25, 0.3) is 5.78 Å². The molecule has 0 saturated heterocycles.